The summed E-state index contributed by atoms with van der Waals surface area (Å²) in [6.07, 6.45) is 1.10. The van der Waals surface area contributed by atoms with Crippen LogP contribution in [0.15, 0.2) is 42.5 Å². The summed E-state index contributed by atoms with van der Waals surface area (Å²) in [6.45, 7) is 11.7. The number of carbonyl (C=O) groups is 3. The van der Waals surface area contributed by atoms with Gasteiger partial charge in [-0.15, -0.1) is 0 Å². The highest BCUT2D eigenvalue weighted by Gasteiger charge is 2.80. The number of aliphatic hydroxyl groups is 1. The van der Waals surface area contributed by atoms with Gasteiger partial charge in [0.1, 0.15) is 17.4 Å². The third kappa shape index (κ3) is 4.99. The first kappa shape index (κ1) is 31.3. The van der Waals surface area contributed by atoms with Crippen molar-refractivity contribution in [3.05, 3.63) is 53.1 Å². The third-order valence-corrected chi connectivity index (χ3v) is 10.3. The summed E-state index contributed by atoms with van der Waals surface area (Å²) < 4.78 is 12.3. The Kier molecular flexibility index (Phi) is 8.55. The van der Waals surface area contributed by atoms with Crippen LogP contribution in [0, 0.1) is 30.6 Å². The van der Waals surface area contributed by atoms with Crippen LogP contribution in [0.1, 0.15) is 53.0 Å². The van der Waals surface area contributed by atoms with Crippen LogP contribution in [0.5, 0.6) is 5.75 Å². The van der Waals surface area contributed by atoms with E-state index in [0.717, 1.165) is 5.56 Å². The molecule has 1 spiro atoms. The highest BCUT2D eigenvalue weighted by molar-refractivity contribution is 6.34. The molecule has 3 aliphatic rings. The van der Waals surface area contributed by atoms with Gasteiger partial charge in [0.25, 0.3) is 0 Å². The predicted molar refractivity (Wildman–Crippen MR) is 165 cm³/mol. The van der Waals surface area contributed by atoms with Crippen molar-refractivity contribution in [2.75, 3.05) is 23.8 Å². The van der Waals surface area contributed by atoms with Crippen molar-refractivity contribution >= 4 is 40.7 Å². The van der Waals surface area contributed by atoms with Gasteiger partial charge in [-0.3, -0.25) is 14.4 Å². The number of ether oxygens (including phenoxy) is 2. The molecule has 3 saturated heterocycles. The molecular weight excluding hydrogens is 570 g/mol. The molecule has 10 heteroatoms. The van der Waals surface area contributed by atoms with Gasteiger partial charge in [0, 0.05) is 5.69 Å². The number of fused-ring (bicyclic) bond motifs is 1. The molecule has 3 aliphatic heterocycles. The molecule has 3 amide bonds. The minimum Gasteiger partial charge on any atom is -0.494 e. The number of carbonyl (C=O) groups excluding carboxylic acids is 3. The summed E-state index contributed by atoms with van der Waals surface area (Å²) in [6, 6.07) is 10.7. The Balaban J connectivity index is 1.56. The molecule has 0 aliphatic carbocycles. The van der Waals surface area contributed by atoms with E-state index in [4.69, 9.17) is 21.1 Å². The maximum atomic E-state index is 14.6. The molecule has 2 aromatic rings. The van der Waals surface area contributed by atoms with Crippen molar-refractivity contribution in [2.45, 2.75) is 77.7 Å². The van der Waals surface area contributed by atoms with E-state index in [0.29, 0.717) is 41.6 Å². The summed E-state index contributed by atoms with van der Waals surface area (Å²) in [7, 11) is 0. The largest absolute Gasteiger partial charge is 0.494 e. The number of aliphatic hydroxyl groups excluding tert-OH is 1. The summed E-state index contributed by atoms with van der Waals surface area (Å²) in [4.78, 5) is 44.5. The molecule has 9 nitrogen and oxygen atoms in total. The molecule has 2 bridgehead atoms. The van der Waals surface area contributed by atoms with E-state index in [1.807, 2.05) is 47.6 Å². The molecule has 2 aromatic carbocycles. The molecule has 0 saturated carbocycles. The Morgan fingerprint density at radius 2 is 1.86 bits per heavy atom. The maximum absolute atomic E-state index is 14.6. The lowest BCUT2D eigenvalue weighted by Gasteiger charge is -2.39. The van der Waals surface area contributed by atoms with Crippen molar-refractivity contribution in [3.63, 3.8) is 0 Å². The monoisotopic (exact) mass is 611 g/mol. The lowest BCUT2D eigenvalue weighted by molar-refractivity contribution is -0.149. The number of likely N-dealkylation sites (tertiary alicyclic amines) is 1. The Hall–Kier alpha value is -3.14. The number of aryl methyl sites for hydroxylation is 1. The van der Waals surface area contributed by atoms with Crippen LogP contribution < -0.4 is 15.4 Å². The summed E-state index contributed by atoms with van der Waals surface area (Å²) in [5, 5.41) is 16.9. The molecule has 0 aromatic heterocycles. The average Bonchev–Trinajstić information content (AvgIpc) is 3.49. The molecule has 3 unspecified atom stereocenters. The number of rotatable bonds is 10. The number of nitrogens with one attached hydrogen (secondary N) is 2. The van der Waals surface area contributed by atoms with Crippen LogP contribution in [-0.4, -0.2) is 64.2 Å². The number of hydrogen-bond donors (Lipinski definition) is 3. The molecule has 232 valence electrons. The number of anilines is 2. The average molecular weight is 612 g/mol. The Morgan fingerprint density at radius 3 is 2.47 bits per heavy atom. The Labute approximate surface area is 258 Å². The van der Waals surface area contributed by atoms with E-state index in [1.54, 1.807) is 36.4 Å². The van der Waals surface area contributed by atoms with Crippen molar-refractivity contribution in [3.8, 4) is 5.75 Å². The van der Waals surface area contributed by atoms with Gasteiger partial charge in [0.05, 0.1) is 47.4 Å². The standard InChI is InChI=1S/C33H42ClN3O6/c1-7-18(3)24(17-38)37-28(30(40)36-27-19(4)10-9-11-23(27)34)33-16-20(5)32(6,43-33)25(26(33)31(37)41)29(39)35-21-12-14-22(15-13-21)42-8-2/h9-15,18,20,24-26,28,38H,7-8,16-17H2,1-6H3,(H,35,39)(H,36,40)/t18-,20?,24-,25-,26-,28?,32+,33?/m0/s1. The first-order valence-corrected chi connectivity index (χ1v) is 15.5. The number of nitrogens with zero attached hydrogens (tertiary/aromatic N) is 1. The molecule has 0 radical (unpaired) electrons. The molecule has 5 rings (SSSR count). The van der Waals surface area contributed by atoms with Crippen LogP contribution >= 0.6 is 11.6 Å². The highest BCUT2D eigenvalue weighted by Crippen LogP contribution is 2.65. The lowest BCUT2D eigenvalue weighted by atomic mass is 9.62. The number of benzene rings is 2. The number of amides is 3. The zero-order valence-corrected chi connectivity index (χ0v) is 26.4. The van der Waals surface area contributed by atoms with Gasteiger partial charge in [-0.05, 0) is 74.9 Å². The van der Waals surface area contributed by atoms with Crippen LogP contribution in [0.25, 0.3) is 0 Å². The van der Waals surface area contributed by atoms with Crippen LogP contribution in [0.2, 0.25) is 5.02 Å². The SMILES string of the molecule is CCOc1ccc(NC(=O)[C@@H]2[C@H]3C(=O)N([C@@H](CO)[C@@H](C)CC)C(C(=O)Nc4c(C)cccc4Cl)C34CC(C)[C@@]2(C)O4)cc1. The van der Waals surface area contributed by atoms with Gasteiger partial charge in [-0.25, -0.2) is 0 Å². The second-order valence-corrected chi connectivity index (χ2v) is 12.9. The minimum atomic E-state index is -1.26. The first-order chi connectivity index (χ1) is 20.4. The summed E-state index contributed by atoms with van der Waals surface area (Å²) in [5.41, 5.74) is -0.434. The smallest absolute Gasteiger partial charge is 0.250 e. The normalized spacial score (nSPS) is 30.6. The second-order valence-electron chi connectivity index (χ2n) is 12.5. The van der Waals surface area contributed by atoms with Crippen molar-refractivity contribution in [1.29, 1.82) is 0 Å². The minimum absolute atomic E-state index is 0.108. The third-order valence-electron chi connectivity index (χ3n) is 10.0. The van der Waals surface area contributed by atoms with E-state index >= 15 is 0 Å². The molecule has 8 atom stereocenters. The Bertz CT molecular complexity index is 1380. The van der Waals surface area contributed by atoms with E-state index < -0.39 is 41.0 Å². The topological polar surface area (TPSA) is 117 Å². The molecule has 3 heterocycles. The fourth-order valence-electron chi connectivity index (χ4n) is 7.55. The quantitative estimate of drug-likeness (QED) is 0.346. The highest BCUT2D eigenvalue weighted by atomic mass is 35.5. The van der Waals surface area contributed by atoms with Crippen LogP contribution in [0.4, 0.5) is 11.4 Å². The van der Waals surface area contributed by atoms with Crippen molar-refractivity contribution in [1.82, 2.24) is 4.90 Å². The van der Waals surface area contributed by atoms with Crippen molar-refractivity contribution in [2.24, 2.45) is 23.7 Å². The fourth-order valence-corrected chi connectivity index (χ4v) is 7.82. The van der Waals surface area contributed by atoms with Gasteiger partial charge < -0.3 is 30.1 Å². The van der Waals surface area contributed by atoms with Gasteiger partial charge in [0.15, 0.2) is 0 Å². The number of hydrogen-bond acceptors (Lipinski definition) is 6. The molecule has 3 N–H and O–H groups in total. The van der Waals surface area contributed by atoms with E-state index in [-0.39, 0.29) is 30.3 Å². The lowest BCUT2D eigenvalue weighted by Crippen LogP contribution is -2.57. The fraction of sp³-hybridized carbons (Fsp3) is 0.545. The maximum Gasteiger partial charge on any atom is 0.250 e. The van der Waals surface area contributed by atoms with Gasteiger partial charge >= 0.3 is 0 Å². The first-order valence-electron chi connectivity index (χ1n) is 15.2. The van der Waals surface area contributed by atoms with Crippen molar-refractivity contribution < 1.29 is 29.0 Å². The van der Waals surface area contributed by atoms with Gasteiger partial charge in [-0.2, -0.15) is 0 Å². The summed E-state index contributed by atoms with van der Waals surface area (Å²) in [5.74, 6) is -2.44. The number of halogens is 1. The number of para-hydroxylation sites is 1. The molecular formula is C33H42ClN3O6. The van der Waals surface area contributed by atoms with Gasteiger partial charge in [0.2, 0.25) is 17.7 Å². The summed E-state index contributed by atoms with van der Waals surface area (Å²) >= 11 is 6.48. The molecule has 43 heavy (non-hydrogen) atoms. The Morgan fingerprint density at radius 1 is 1.16 bits per heavy atom. The van der Waals surface area contributed by atoms with E-state index in [1.165, 1.54) is 4.90 Å². The second kappa shape index (κ2) is 11.7. The van der Waals surface area contributed by atoms with E-state index in [2.05, 4.69) is 10.6 Å². The predicted octanol–water partition coefficient (Wildman–Crippen LogP) is 5.04. The van der Waals surface area contributed by atoms with Crippen LogP contribution in [-0.2, 0) is 19.1 Å². The van der Waals surface area contributed by atoms with E-state index in [9.17, 15) is 19.5 Å². The van der Waals surface area contributed by atoms with Crippen LogP contribution in [0.3, 0.4) is 0 Å². The zero-order chi connectivity index (χ0) is 31.3. The molecule has 3 fully saturated rings. The zero-order valence-electron chi connectivity index (χ0n) is 25.6. The van der Waals surface area contributed by atoms with Gasteiger partial charge in [-0.1, -0.05) is 50.9 Å².